The molecule has 0 spiro atoms. The Bertz CT molecular complexity index is 624. The summed E-state index contributed by atoms with van der Waals surface area (Å²) in [5.74, 6) is -2.71. The van der Waals surface area contributed by atoms with E-state index in [1.807, 2.05) is 36.4 Å². The third kappa shape index (κ3) is 6.48. The molecule has 0 radical (unpaired) electrons. The molecule has 0 heterocycles. The second kappa shape index (κ2) is 9.30. The molecule has 0 aliphatic rings. The second-order valence-corrected chi connectivity index (χ2v) is 5.61. The minimum Gasteiger partial charge on any atom is -0.480 e. The Hall–Kier alpha value is -2.88. The van der Waals surface area contributed by atoms with Crippen molar-refractivity contribution in [1.82, 2.24) is 10.6 Å². The summed E-state index contributed by atoms with van der Waals surface area (Å²) >= 11 is 0. The van der Waals surface area contributed by atoms with Crippen LogP contribution in [-0.2, 0) is 20.8 Å². The number of rotatable bonds is 8. The molecule has 0 aromatic heterocycles. The number of carbonyl (C=O) groups is 3. The van der Waals surface area contributed by atoms with Crippen molar-refractivity contribution in [2.75, 3.05) is 0 Å². The van der Waals surface area contributed by atoms with Gasteiger partial charge in [0.25, 0.3) is 0 Å². The Morgan fingerprint density at radius 3 is 2.29 bits per heavy atom. The van der Waals surface area contributed by atoms with Crippen LogP contribution in [0, 0.1) is 17.2 Å². The largest absolute Gasteiger partial charge is 0.480 e. The van der Waals surface area contributed by atoms with E-state index in [1.165, 1.54) is 6.92 Å². The van der Waals surface area contributed by atoms with Gasteiger partial charge in [0.1, 0.15) is 12.1 Å². The molecule has 1 aromatic rings. The summed E-state index contributed by atoms with van der Waals surface area (Å²) in [6, 6.07) is 8.96. The predicted molar refractivity (Wildman–Crippen MR) is 86.7 cm³/mol. The molecule has 128 valence electrons. The maximum Gasteiger partial charge on any atom is 0.326 e. The fourth-order valence-electron chi connectivity index (χ4n) is 2.20. The van der Waals surface area contributed by atoms with Gasteiger partial charge in [0, 0.05) is 19.3 Å². The number of carboxylic acid groups (broad SMARTS) is 1. The minimum atomic E-state index is -1.22. The summed E-state index contributed by atoms with van der Waals surface area (Å²) in [6.45, 7) is 2.87. The third-order valence-electron chi connectivity index (χ3n) is 3.40. The highest BCUT2D eigenvalue weighted by Crippen LogP contribution is 2.08. The van der Waals surface area contributed by atoms with Gasteiger partial charge in [-0.15, -0.1) is 0 Å². The van der Waals surface area contributed by atoms with Gasteiger partial charge in [-0.2, -0.15) is 5.26 Å². The first-order valence-corrected chi connectivity index (χ1v) is 7.57. The molecule has 0 aliphatic carbocycles. The lowest BCUT2D eigenvalue weighted by Crippen LogP contribution is -2.52. The molecule has 0 saturated heterocycles. The molecule has 0 unspecified atom stereocenters. The van der Waals surface area contributed by atoms with Crippen LogP contribution in [0.3, 0.4) is 0 Å². The van der Waals surface area contributed by atoms with Gasteiger partial charge in [-0.3, -0.25) is 9.59 Å². The van der Waals surface area contributed by atoms with Crippen LogP contribution in [0.5, 0.6) is 0 Å². The Morgan fingerprint density at radius 2 is 1.79 bits per heavy atom. The van der Waals surface area contributed by atoms with Crippen LogP contribution in [0.1, 0.15) is 25.8 Å². The van der Waals surface area contributed by atoms with Crippen molar-refractivity contribution in [3.05, 3.63) is 35.9 Å². The van der Waals surface area contributed by atoms with Crippen LogP contribution in [0.25, 0.3) is 0 Å². The van der Waals surface area contributed by atoms with Crippen LogP contribution < -0.4 is 10.6 Å². The molecule has 1 aromatic carbocycles. The Kier molecular flexibility index (Phi) is 7.43. The van der Waals surface area contributed by atoms with Gasteiger partial charge in [-0.05, 0) is 18.9 Å². The van der Waals surface area contributed by atoms with Crippen LogP contribution in [0.4, 0.5) is 0 Å². The first-order valence-electron chi connectivity index (χ1n) is 7.57. The number of nitrogens with one attached hydrogen (secondary N) is 2. The quantitative estimate of drug-likeness (QED) is 0.652. The van der Waals surface area contributed by atoms with E-state index >= 15 is 0 Å². The van der Waals surface area contributed by atoms with E-state index in [0.717, 1.165) is 5.56 Å². The van der Waals surface area contributed by atoms with Gasteiger partial charge >= 0.3 is 5.97 Å². The van der Waals surface area contributed by atoms with Crippen molar-refractivity contribution in [3.63, 3.8) is 0 Å². The lowest BCUT2D eigenvalue weighted by Gasteiger charge is -2.21. The molecule has 7 heteroatoms. The number of aliphatic carboxylic acids is 1. The molecule has 2 amide bonds. The van der Waals surface area contributed by atoms with Crippen molar-refractivity contribution in [1.29, 1.82) is 5.26 Å². The summed E-state index contributed by atoms with van der Waals surface area (Å²) in [5, 5.41) is 23.0. The SMILES string of the molecule is CC(=O)N[C@@H](Cc1ccccc1)C(=O)N[C@@H](C[C@@H](C)C#N)C(=O)O. The van der Waals surface area contributed by atoms with Gasteiger partial charge in [-0.25, -0.2) is 4.79 Å². The zero-order valence-corrected chi connectivity index (χ0v) is 13.7. The van der Waals surface area contributed by atoms with Crippen LogP contribution in [0.15, 0.2) is 30.3 Å². The monoisotopic (exact) mass is 331 g/mol. The normalized spacial score (nSPS) is 13.9. The van der Waals surface area contributed by atoms with E-state index in [0.29, 0.717) is 0 Å². The zero-order chi connectivity index (χ0) is 18.1. The average Bonchev–Trinajstić information content (AvgIpc) is 2.53. The van der Waals surface area contributed by atoms with Crippen LogP contribution in [-0.4, -0.2) is 35.0 Å². The first-order chi connectivity index (χ1) is 11.3. The Balaban J connectivity index is 2.84. The van der Waals surface area contributed by atoms with Crippen molar-refractivity contribution in [3.8, 4) is 6.07 Å². The van der Waals surface area contributed by atoms with E-state index in [2.05, 4.69) is 10.6 Å². The maximum absolute atomic E-state index is 12.4. The number of nitrogens with zero attached hydrogens (tertiary/aromatic N) is 1. The van der Waals surface area contributed by atoms with Crippen LogP contribution >= 0.6 is 0 Å². The zero-order valence-electron chi connectivity index (χ0n) is 13.7. The topological polar surface area (TPSA) is 119 Å². The number of carboxylic acids is 1. The molecule has 0 bridgehead atoms. The summed E-state index contributed by atoms with van der Waals surface area (Å²) in [4.78, 5) is 35.0. The number of amides is 2. The van der Waals surface area contributed by atoms with E-state index in [1.54, 1.807) is 6.92 Å². The van der Waals surface area contributed by atoms with Crippen molar-refractivity contribution < 1.29 is 19.5 Å². The molecule has 3 N–H and O–H groups in total. The number of nitriles is 1. The minimum absolute atomic E-state index is 0.00426. The highest BCUT2D eigenvalue weighted by molar-refractivity contribution is 5.90. The summed E-state index contributed by atoms with van der Waals surface area (Å²) in [7, 11) is 0. The smallest absolute Gasteiger partial charge is 0.326 e. The highest BCUT2D eigenvalue weighted by Gasteiger charge is 2.27. The van der Waals surface area contributed by atoms with Crippen molar-refractivity contribution in [2.45, 2.75) is 38.8 Å². The van der Waals surface area contributed by atoms with Gasteiger partial charge in [0.2, 0.25) is 11.8 Å². The van der Waals surface area contributed by atoms with Crippen molar-refractivity contribution >= 4 is 17.8 Å². The number of benzene rings is 1. The average molecular weight is 331 g/mol. The molecule has 0 saturated carbocycles. The summed E-state index contributed by atoms with van der Waals surface area (Å²) in [5.41, 5.74) is 0.837. The van der Waals surface area contributed by atoms with Gasteiger partial charge < -0.3 is 15.7 Å². The first kappa shape index (κ1) is 19.2. The standard InChI is InChI=1S/C17H21N3O4/c1-11(10-18)8-15(17(23)24)20-16(22)14(19-12(2)21)9-13-6-4-3-5-7-13/h3-7,11,14-15H,8-9H2,1-2H3,(H,19,21)(H,20,22)(H,23,24)/t11-,14+,15+/m1/s1. The van der Waals surface area contributed by atoms with Gasteiger partial charge in [0.05, 0.1) is 6.07 Å². The molecule has 1 rings (SSSR count). The third-order valence-corrected chi connectivity index (χ3v) is 3.40. The van der Waals surface area contributed by atoms with Gasteiger partial charge in [-0.1, -0.05) is 30.3 Å². The second-order valence-electron chi connectivity index (χ2n) is 5.61. The number of carbonyl (C=O) groups excluding carboxylic acids is 2. The van der Waals surface area contributed by atoms with Crippen LogP contribution in [0.2, 0.25) is 0 Å². The lowest BCUT2D eigenvalue weighted by molar-refractivity contribution is -0.142. The molecule has 24 heavy (non-hydrogen) atoms. The summed E-state index contributed by atoms with van der Waals surface area (Å²) in [6.07, 6.45) is 0.238. The Labute approximate surface area is 140 Å². The van der Waals surface area contributed by atoms with E-state index in [9.17, 15) is 19.5 Å². The predicted octanol–water partition coefficient (Wildman–Crippen LogP) is 0.853. The molecular weight excluding hydrogens is 310 g/mol. The Morgan fingerprint density at radius 1 is 1.17 bits per heavy atom. The molecule has 0 aliphatic heterocycles. The lowest BCUT2D eigenvalue weighted by atomic mass is 10.0. The van der Waals surface area contributed by atoms with E-state index < -0.39 is 29.9 Å². The molecule has 7 nitrogen and oxygen atoms in total. The number of hydrogen-bond acceptors (Lipinski definition) is 4. The molecule has 3 atom stereocenters. The fraction of sp³-hybridized carbons (Fsp3) is 0.412. The van der Waals surface area contributed by atoms with E-state index in [-0.39, 0.29) is 18.7 Å². The van der Waals surface area contributed by atoms with E-state index in [4.69, 9.17) is 5.26 Å². The van der Waals surface area contributed by atoms with Gasteiger partial charge in [0.15, 0.2) is 0 Å². The van der Waals surface area contributed by atoms with Crippen molar-refractivity contribution in [2.24, 2.45) is 5.92 Å². The summed E-state index contributed by atoms with van der Waals surface area (Å²) < 4.78 is 0. The highest BCUT2D eigenvalue weighted by atomic mass is 16.4. The number of hydrogen-bond donors (Lipinski definition) is 3. The molecular formula is C17H21N3O4. The molecule has 0 fully saturated rings. The fourth-order valence-corrected chi connectivity index (χ4v) is 2.20. The maximum atomic E-state index is 12.4.